The van der Waals surface area contributed by atoms with Crippen molar-refractivity contribution >= 4 is 5.57 Å². The van der Waals surface area contributed by atoms with E-state index in [0.717, 1.165) is 12.8 Å². The normalized spacial score (nSPS) is 12.5. The highest BCUT2D eigenvalue weighted by Gasteiger charge is 2.22. The number of hydrogen-bond acceptors (Lipinski definition) is 0. The molecule has 4 aromatic rings. The van der Waals surface area contributed by atoms with Gasteiger partial charge in [0.25, 0.3) is 0 Å². The molecule has 0 bridgehead atoms. The summed E-state index contributed by atoms with van der Waals surface area (Å²) in [5.41, 5.74) is 12.3. The van der Waals surface area contributed by atoms with Crippen LogP contribution in [0.15, 0.2) is 103 Å². The molecule has 0 atom stereocenters. The van der Waals surface area contributed by atoms with E-state index in [1.807, 2.05) is 0 Å². The zero-order valence-electron chi connectivity index (χ0n) is 16.7. The Morgan fingerprint density at radius 2 is 1.52 bits per heavy atom. The van der Waals surface area contributed by atoms with Crippen LogP contribution < -0.4 is 0 Å². The Labute approximate surface area is 173 Å². The van der Waals surface area contributed by atoms with Crippen LogP contribution in [-0.2, 0) is 12.8 Å². The Bertz CT molecular complexity index is 1180. The van der Waals surface area contributed by atoms with E-state index in [0.29, 0.717) is 0 Å². The van der Waals surface area contributed by atoms with Crippen LogP contribution in [0, 0.1) is 6.92 Å². The minimum Gasteiger partial charge on any atom is -0.0716 e. The van der Waals surface area contributed by atoms with Crippen molar-refractivity contribution in [3.05, 3.63) is 137 Å². The fourth-order valence-corrected chi connectivity index (χ4v) is 4.40. The molecule has 4 aromatic carbocycles. The second-order valence-corrected chi connectivity index (χ2v) is 7.84. The molecule has 1 aliphatic carbocycles. The Morgan fingerprint density at radius 1 is 0.759 bits per heavy atom. The van der Waals surface area contributed by atoms with E-state index in [2.05, 4.69) is 110 Å². The molecule has 0 aliphatic heterocycles. The minimum atomic E-state index is 0.931. The van der Waals surface area contributed by atoms with Crippen molar-refractivity contribution in [3.8, 4) is 11.1 Å². The standard InChI is InChI=1S/C29H24/c1-21-15-17-24-20-29-26(13-8-14-27(29)28(24)19-21)25(23-11-6-3-7-12-23)18-16-22-9-4-2-5-10-22/h2-15,17-19H,16,20H2,1H3/b25-18+. The van der Waals surface area contributed by atoms with E-state index in [4.69, 9.17) is 0 Å². The number of benzene rings is 4. The molecule has 140 valence electrons. The van der Waals surface area contributed by atoms with Crippen molar-refractivity contribution in [3.63, 3.8) is 0 Å². The van der Waals surface area contributed by atoms with Crippen molar-refractivity contribution in [1.29, 1.82) is 0 Å². The summed E-state index contributed by atoms with van der Waals surface area (Å²) >= 11 is 0. The third kappa shape index (κ3) is 3.43. The van der Waals surface area contributed by atoms with E-state index in [-0.39, 0.29) is 0 Å². The Morgan fingerprint density at radius 3 is 2.31 bits per heavy atom. The van der Waals surface area contributed by atoms with Crippen molar-refractivity contribution in [2.45, 2.75) is 19.8 Å². The predicted octanol–water partition coefficient (Wildman–Crippen LogP) is 7.24. The second-order valence-electron chi connectivity index (χ2n) is 7.84. The van der Waals surface area contributed by atoms with Crippen molar-refractivity contribution < 1.29 is 0 Å². The quantitative estimate of drug-likeness (QED) is 0.312. The summed E-state index contributed by atoms with van der Waals surface area (Å²) in [7, 11) is 0. The smallest absolute Gasteiger partial charge is 0.000728 e. The van der Waals surface area contributed by atoms with Crippen LogP contribution in [0.2, 0.25) is 0 Å². The summed E-state index contributed by atoms with van der Waals surface area (Å²) < 4.78 is 0. The molecule has 0 radical (unpaired) electrons. The first kappa shape index (κ1) is 17.7. The van der Waals surface area contributed by atoms with Gasteiger partial charge in [-0.1, -0.05) is 109 Å². The zero-order valence-corrected chi connectivity index (χ0v) is 16.7. The lowest BCUT2D eigenvalue weighted by molar-refractivity contribution is 1.23. The molecular weight excluding hydrogens is 348 g/mol. The van der Waals surface area contributed by atoms with Crippen LogP contribution in [0.1, 0.15) is 33.4 Å². The van der Waals surface area contributed by atoms with Crippen LogP contribution in [0.4, 0.5) is 0 Å². The van der Waals surface area contributed by atoms with Gasteiger partial charge in [0.05, 0.1) is 0 Å². The van der Waals surface area contributed by atoms with Gasteiger partial charge in [0, 0.05) is 0 Å². The molecule has 0 saturated carbocycles. The molecule has 0 saturated heterocycles. The fourth-order valence-electron chi connectivity index (χ4n) is 4.40. The predicted molar refractivity (Wildman–Crippen MR) is 123 cm³/mol. The number of allylic oxidation sites excluding steroid dienone is 1. The number of hydrogen-bond donors (Lipinski definition) is 0. The summed E-state index contributed by atoms with van der Waals surface area (Å²) in [5, 5.41) is 0. The van der Waals surface area contributed by atoms with Crippen LogP contribution >= 0.6 is 0 Å². The molecule has 0 fully saturated rings. The lowest BCUT2D eigenvalue weighted by Crippen LogP contribution is -1.96. The second kappa shape index (κ2) is 7.56. The molecule has 0 aromatic heterocycles. The molecular formula is C29H24. The maximum absolute atomic E-state index is 2.40. The highest BCUT2D eigenvalue weighted by atomic mass is 14.3. The zero-order chi connectivity index (χ0) is 19.6. The third-order valence-electron chi connectivity index (χ3n) is 5.86. The van der Waals surface area contributed by atoms with Crippen molar-refractivity contribution in [2.24, 2.45) is 0 Å². The molecule has 0 heteroatoms. The maximum atomic E-state index is 2.40. The van der Waals surface area contributed by atoms with Gasteiger partial charge in [0.2, 0.25) is 0 Å². The van der Waals surface area contributed by atoms with Crippen LogP contribution in [0.25, 0.3) is 16.7 Å². The topological polar surface area (TPSA) is 0 Å². The van der Waals surface area contributed by atoms with E-state index >= 15 is 0 Å². The number of fused-ring (bicyclic) bond motifs is 3. The first-order valence-corrected chi connectivity index (χ1v) is 10.3. The minimum absolute atomic E-state index is 0.931. The van der Waals surface area contributed by atoms with Gasteiger partial charge in [-0.05, 0) is 64.3 Å². The third-order valence-corrected chi connectivity index (χ3v) is 5.86. The SMILES string of the molecule is Cc1ccc2c(c1)-c1cccc(/C(=C/Cc3ccccc3)c3ccccc3)c1C2. The maximum Gasteiger partial charge on any atom is -0.000728 e. The van der Waals surface area contributed by atoms with Gasteiger partial charge in [-0.25, -0.2) is 0 Å². The van der Waals surface area contributed by atoms with Gasteiger partial charge in [0.1, 0.15) is 0 Å². The average Bonchev–Trinajstić information content (AvgIpc) is 3.14. The molecule has 1 aliphatic rings. The molecule has 0 unspecified atom stereocenters. The molecule has 0 spiro atoms. The first-order chi connectivity index (χ1) is 14.3. The lowest BCUT2D eigenvalue weighted by Gasteiger charge is -2.14. The molecule has 0 nitrogen and oxygen atoms in total. The van der Waals surface area contributed by atoms with Crippen molar-refractivity contribution in [1.82, 2.24) is 0 Å². The first-order valence-electron chi connectivity index (χ1n) is 10.3. The Kier molecular flexibility index (Phi) is 4.62. The van der Waals surface area contributed by atoms with Gasteiger partial charge >= 0.3 is 0 Å². The average molecular weight is 373 g/mol. The van der Waals surface area contributed by atoms with Gasteiger partial charge < -0.3 is 0 Å². The molecule has 29 heavy (non-hydrogen) atoms. The summed E-state index contributed by atoms with van der Waals surface area (Å²) in [6.07, 6.45) is 4.34. The van der Waals surface area contributed by atoms with Gasteiger partial charge in [0.15, 0.2) is 0 Å². The number of rotatable bonds is 4. The largest absolute Gasteiger partial charge is 0.0716 e. The molecule has 0 amide bonds. The van der Waals surface area contributed by atoms with Gasteiger partial charge in [-0.3, -0.25) is 0 Å². The van der Waals surface area contributed by atoms with E-state index in [9.17, 15) is 0 Å². The molecule has 5 rings (SSSR count). The molecule has 0 heterocycles. The summed E-state index contributed by atoms with van der Waals surface area (Å²) in [6.45, 7) is 2.18. The summed E-state index contributed by atoms with van der Waals surface area (Å²) in [4.78, 5) is 0. The lowest BCUT2D eigenvalue weighted by atomic mass is 9.90. The highest BCUT2D eigenvalue weighted by Crippen LogP contribution is 2.41. The highest BCUT2D eigenvalue weighted by molar-refractivity contribution is 5.88. The summed E-state index contributed by atoms with van der Waals surface area (Å²) in [5.74, 6) is 0. The fraction of sp³-hybridized carbons (Fsp3) is 0.103. The monoisotopic (exact) mass is 372 g/mol. The van der Waals surface area contributed by atoms with Crippen LogP contribution in [0.5, 0.6) is 0 Å². The number of aryl methyl sites for hydroxylation is 1. The summed E-state index contributed by atoms with van der Waals surface area (Å²) in [6, 6.07) is 35.2. The Balaban J connectivity index is 1.64. The Hall–Kier alpha value is -3.38. The van der Waals surface area contributed by atoms with Gasteiger partial charge in [-0.2, -0.15) is 0 Å². The van der Waals surface area contributed by atoms with Crippen molar-refractivity contribution in [2.75, 3.05) is 0 Å². The van der Waals surface area contributed by atoms with E-state index in [1.165, 1.54) is 50.1 Å². The van der Waals surface area contributed by atoms with Crippen LogP contribution in [0.3, 0.4) is 0 Å². The molecule has 0 N–H and O–H groups in total. The van der Waals surface area contributed by atoms with E-state index < -0.39 is 0 Å². The van der Waals surface area contributed by atoms with E-state index in [1.54, 1.807) is 0 Å². The van der Waals surface area contributed by atoms with Crippen LogP contribution in [-0.4, -0.2) is 0 Å². The van der Waals surface area contributed by atoms with Gasteiger partial charge in [-0.15, -0.1) is 0 Å².